The average Bonchev–Trinajstić information content (AvgIpc) is 2.46. The van der Waals surface area contributed by atoms with E-state index in [0.29, 0.717) is 13.1 Å². The van der Waals surface area contributed by atoms with Gasteiger partial charge in [-0.1, -0.05) is 0 Å². The number of halogens is 1. The van der Waals surface area contributed by atoms with Gasteiger partial charge in [-0.15, -0.1) is 0 Å². The van der Waals surface area contributed by atoms with Crippen LogP contribution < -0.4 is 4.90 Å². The van der Waals surface area contributed by atoms with Gasteiger partial charge in [-0.05, 0) is 42.8 Å². The molecule has 1 aliphatic rings. The maximum atomic E-state index is 12.2. The molecule has 0 aliphatic carbocycles. The first-order valence-corrected chi connectivity index (χ1v) is 7.39. The normalized spacial score (nSPS) is 15.7. The summed E-state index contributed by atoms with van der Waals surface area (Å²) in [6, 6.07) is 2.00. The second-order valence-corrected chi connectivity index (χ2v) is 6.88. The van der Waals surface area contributed by atoms with Gasteiger partial charge in [0.1, 0.15) is 11.4 Å². The molecule has 1 aromatic rings. The van der Waals surface area contributed by atoms with Crippen molar-refractivity contribution in [2.45, 2.75) is 32.9 Å². The van der Waals surface area contributed by atoms with Crippen LogP contribution in [-0.2, 0) is 11.3 Å². The topological polar surface area (TPSA) is 45.7 Å². The van der Waals surface area contributed by atoms with Crippen LogP contribution in [0.25, 0.3) is 0 Å². The van der Waals surface area contributed by atoms with Crippen LogP contribution in [0, 0.1) is 0 Å². The minimum atomic E-state index is -0.479. The van der Waals surface area contributed by atoms with Crippen molar-refractivity contribution in [3.63, 3.8) is 0 Å². The second-order valence-electron chi connectivity index (χ2n) is 5.96. The Hall–Kier alpha value is -1.30. The van der Waals surface area contributed by atoms with Crippen molar-refractivity contribution in [3.8, 4) is 0 Å². The first-order valence-electron chi connectivity index (χ1n) is 6.60. The molecular weight excluding hydrogens is 322 g/mol. The average molecular weight is 342 g/mol. The van der Waals surface area contributed by atoms with E-state index in [1.807, 2.05) is 33.9 Å². The van der Waals surface area contributed by atoms with Gasteiger partial charge >= 0.3 is 6.09 Å². The molecule has 0 radical (unpaired) electrons. The fourth-order valence-electron chi connectivity index (χ4n) is 2.08. The Morgan fingerprint density at radius 3 is 2.75 bits per heavy atom. The lowest BCUT2D eigenvalue weighted by molar-refractivity contribution is 0.0243. The quantitative estimate of drug-likeness (QED) is 0.727. The Balaban J connectivity index is 2.22. The predicted molar refractivity (Wildman–Crippen MR) is 81.9 cm³/mol. The Labute approximate surface area is 128 Å². The van der Waals surface area contributed by atoms with Crippen LogP contribution in [0.4, 0.5) is 10.6 Å². The molecule has 1 aliphatic heterocycles. The van der Waals surface area contributed by atoms with Crippen LogP contribution in [0.15, 0.2) is 16.7 Å². The molecule has 2 rings (SSSR count). The minimum absolute atomic E-state index is 0.279. The summed E-state index contributed by atoms with van der Waals surface area (Å²) in [5, 5.41) is 0. The largest absolute Gasteiger partial charge is 0.444 e. The third-order valence-electron chi connectivity index (χ3n) is 2.99. The van der Waals surface area contributed by atoms with Crippen LogP contribution in [0.1, 0.15) is 26.3 Å². The lowest BCUT2D eigenvalue weighted by Gasteiger charge is -2.26. The van der Waals surface area contributed by atoms with Crippen LogP contribution in [-0.4, -0.2) is 41.7 Å². The van der Waals surface area contributed by atoms with Gasteiger partial charge in [-0.3, -0.25) is 0 Å². The molecule has 0 saturated heterocycles. The summed E-state index contributed by atoms with van der Waals surface area (Å²) in [7, 11) is 1.98. The molecule has 0 saturated carbocycles. The molecule has 0 N–H and O–H groups in total. The van der Waals surface area contributed by atoms with Crippen molar-refractivity contribution >= 4 is 27.8 Å². The van der Waals surface area contributed by atoms with E-state index in [1.165, 1.54) is 0 Å². The van der Waals surface area contributed by atoms with E-state index in [-0.39, 0.29) is 6.09 Å². The van der Waals surface area contributed by atoms with Gasteiger partial charge in [-0.25, -0.2) is 9.78 Å². The van der Waals surface area contributed by atoms with Crippen molar-refractivity contribution in [2.75, 3.05) is 25.0 Å². The number of fused-ring (bicyclic) bond motifs is 1. The Kier molecular flexibility index (Phi) is 4.22. The number of likely N-dealkylation sites (N-methyl/N-ethyl adjacent to an activating group) is 1. The number of anilines is 1. The van der Waals surface area contributed by atoms with Crippen LogP contribution in [0.3, 0.4) is 0 Å². The van der Waals surface area contributed by atoms with Crippen LogP contribution in [0.2, 0.25) is 0 Å². The summed E-state index contributed by atoms with van der Waals surface area (Å²) in [4.78, 5) is 20.4. The van der Waals surface area contributed by atoms with Gasteiger partial charge in [0.2, 0.25) is 0 Å². The molecule has 0 bridgehead atoms. The lowest BCUT2D eigenvalue weighted by Crippen LogP contribution is -2.38. The maximum Gasteiger partial charge on any atom is 0.410 e. The summed E-state index contributed by atoms with van der Waals surface area (Å²) in [5.41, 5.74) is 0.540. The summed E-state index contributed by atoms with van der Waals surface area (Å²) in [5.74, 6) is 0.916. The molecule has 1 amide bonds. The summed E-state index contributed by atoms with van der Waals surface area (Å²) in [6.07, 6.45) is 1.50. The molecule has 0 unspecified atom stereocenters. The van der Waals surface area contributed by atoms with E-state index in [0.717, 1.165) is 22.4 Å². The molecule has 0 atom stereocenters. The molecule has 6 heteroatoms. The fraction of sp³-hybridized carbons (Fsp3) is 0.571. The molecule has 20 heavy (non-hydrogen) atoms. The molecular formula is C14H20BrN3O2. The van der Waals surface area contributed by atoms with E-state index in [2.05, 4.69) is 25.8 Å². The number of carbonyl (C=O) groups excluding carboxylic acids is 1. The van der Waals surface area contributed by atoms with Crippen molar-refractivity contribution < 1.29 is 9.53 Å². The van der Waals surface area contributed by atoms with E-state index in [4.69, 9.17) is 4.74 Å². The van der Waals surface area contributed by atoms with E-state index in [1.54, 1.807) is 11.1 Å². The number of nitrogens with zero attached hydrogens (tertiary/aromatic N) is 3. The molecule has 110 valence electrons. The zero-order valence-electron chi connectivity index (χ0n) is 12.3. The molecule has 0 fully saturated rings. The number of hydrogen-bond donors (Lipinski definition) is 0. The van der Waals surface area contributed by atoms with E-state index >= 15 is 0 Å². The highest BCUT2D eigenvalue weighted by atomic mass is 79.9. The third-order valence-corrected chi connectivity index (χ3v) is 3.42. The number of amides is 1. The highest BCUT2D eigenvalue weighted by Crippen LogP contribution is 2.25. The van der Waals surface area contributed by atoms with Gasteiger partial charge in [-0.2, -0.15) is 0 Å². The van der Waals surface area contributed by atoms with Gasteiger partial charge in [0.05, 0.1) is 6.54 Å². The first kappa shape index (κ1) is 15.1. The van der Waals surface area contributed by atoms with Crippen LogP contribution >= 0.6 is 15.9 Å². The SMILES string of the molecule is CN1CCN(C(=O)OC(C)(C)C)Cc2cc(Br)cnc21. The van der Waals surface area contributed by atoms with Crippen LogP contribution in [0.5, 0.6) is 0 Å². The molecule has 0 spiro atoms. The predicted octanol–water partition coefficient (Wildman–Crippen LogP) is 3.03. The Bertz CT molecular complexity index is 514. The zero-order valence-corrected chi connectivity index (χ0v) is 13.9. The number of hydrogen-bond acceptors (Lipinski definition) is 4. The van der Waals surface area contributed by atoms with Crippen molar-refractivity contribution in [3.05, 3.63) is 22.3 Å². The molecule has 1 aromatic heterocycles. The number of aromatic nitrogens is 1. The number of pyridine rings is 1. The highest BCUT2D eigenvalue weighted by molar-refractivity contribution is 9.10. The summed E-state index contributed by atoms with van der Waals surface area (Å²) >= 11 is 3.43. The monoisotopic (exact) mass is 341 g/mol. The smallest absolute Gasteiger partial charge is 0.410 e. The number of ether oxygens (including phenoxy) is 1. The standard InChI is InChI=1S/C14H20BrN3O2/c1-14(2,3)20-13(19)18-6-5-17(4)12-10(9-18)7-11(15)8-16-12/h7-8H,5-6,9H2,1-4H3. The Morgan fingerprint density at radius 2 is 2.10 bits per heavy atom. The summed E-state index contributed by atoms with van der Waals surface area (Å²) in [6.45, 7) is 7.50. The van der Waals surface area contributed by atoms with Gasteiger partial charge in [0.25, 0.3) is 0 Å². The minimum Gasteiger partial charge on any atom is -0.444 e. The van der Waals surface area contributed by atoms with Crippen molar-refractivity contribution in [1.82, 2.24) is 9.88 Å². The van der Waals surface area contributed by atoms with Crippen molar-refractivity contribution in [2.24, 2.45) is 0 Å². The van der Waals surface area contributed by atoms with Crippen molar-refractivity contribution in [1.29, 1.82) is 0 Å². The third kappa shape index (κ3) is 3.62. The molecule has 0 aromatic carbocycles. The van der Waals surface area contributed by atoms with E-state index < -0.39 is 5.60 Å². The second kappa shape index (κ2) is 5.60. The van der Waals surface area contributed by atoms with Gasteiger partial charge < -0.3 is 14.5 Å². The van der Waals surface area contributed by atoms with E-state index in [9.17, 15) is 4.79 Å². The zero-order chi connectivity index (χ0) is 14.9. The Morgan fingerprint density at radius 1 is 1.40 bits per heavy atom. The van der Waals surface area contributed by atoms with Gasteiger partial charge in [0, 0.05) is 36.4 Å². The highest BCUT2D eigenvalue weighted by Gasteiger charge is 2.26. The number of carbonyl (C=O) groups is 1. The maximum absolute atomic E-state index is 12.2. The first-order chi connectivity index (χ1) is 9.26. The lowest BCUT2D eigenvalue weighted by atomic mass is 10.2. The fourth-order valence-corrected chi connectivity index (χ4v) is 2.46. The molecule has 2 heterocycles. The number of rotatable bonds is 0. The molecule has 5 nitrogen and oxygen atoms in total. The van der Waals surface area contributed by atoms with Gasteiger partial charge in [0.15, 0.2) is 0 Å². The summed E-state index contributed by atoms with van der Waals surface area (Å²) < 4.78 is 6.36.